The molecule has 0 unspecified atom stereocenters. The number of nitro groups is 1. The first-order chi connectivity index (χ1) is 8.40. The highest BCUT2D eigenvalue weighted by molar-refractivity contribution is 5.99. The van der Waals surface area contributed by atoms with E-state index in [0.29, 0.717) is 5.56 Å². The summed E-state index contributed by atoms with van der Waals surface area (Å²) < 4.78 is 0. The molecule has 2 amide bonds. The zero-order valence-electron chi connectivity index (χ0n) is 9.54. The number of benzene rings is 1. The lowest BCUT2D eigenvalue weighted by atomic mass is 10.1. The van der Waals surface area contributed by atoms with Gasteiger partial charge in [0.05, 0.1) is 4.92 Å². The summed E-state index contributed by atoms with van der Waals surface area (Å²) in [5, 5.41) is 12.7. The van der Waals surface area contributed by atoms with Crippen LogP contribution < -0.4 is 11.1 Å². The molecule has 0 aromatic heterocycles. The number of nitrogens with zero attached hydrogens (tertiary/aromatic N) is 1. The lowest BCUT2D eigenvalue weighted by molar-refractivity contribution is -0.384. The number of rotatable bonds is 4. The second kappa shape index (κ2) is 5.58. The van der Waals surface area contributed by atoms with Gasteiger partial charge in [0, 0.05) is 19.1 Å². The number of carbonyl (C=O) groups excluding carboxylic acids is 2. The van der Waals surface area contributed by atoms with Gasteiger partial charge in [-0.1, -0.05) is 0 Å². The van der Waals surface area contributed by atoms with Crippen molar-refractivity contribution in [1.82, 2.24) is 5.32 Å². The smallest absolute Gasteiger partial charge is 0.269 e. The molecule has 7 heteroatoms. The van der Waals surface area contributed by atoms with Gasteiger partial charge in [-0.25, -0.2) is 0 Å². The van der Waals surface area contributed by atoms with Gasteiger partial charge in [0.25, 0.3) is 11.6 Å². The normalized spacial score (nSPS) is 10.8. The van der Waals surface area contributed by atoms with Crippen LogP contribution in [-0.2, 0) is 9.59 Å². The van der Waals surface area contributed by atoms with Gasteiger partial charge in [-0.05, 0) is 23.8 Å². The van der Waals surface area contributed by atoms with Crippen LogP contribution in [0.4, 0.5) is 5.69 Å². The van der Waals surface area contributed by atoms with Crippen molar-refractivity contribution in [3.05, 3.63) is 45.6 Å². The Morgan fingerprint density at radius 3 is 2.28 bits per heavy atom. The molecule has 0 aliphatic rings. The van der Waals surface area contributed by atoms with Crippen molar-refractivity contribution in [2.24, 2.45) is 5.73 Å². The fraction of sp³-hybridized carbons (Fsp3) is 0.0909. The molecule has 0 bridgehead atoms. The van der Waals surface area contributed by atoms with Crippen LogP contribution in [0.25, 0.3) is 6.08 Å². The molecule has 1 aromatic carbocycles. The summed E-state index contributed by atoms with van der Waals surface area (Å²) in [5.41, 5.74) is 5.46. The van der Waals surface area contributed by atoms with E-state index in [-0.39, 0.29) is 11.4 Å². The molecular formula is C11H11N3O4. The van der Waals surface area contributed by atoms with Crippen LogP contribution in [0.5, 0.6) is 0 Å². The van der Waals surface area contributed by atoms with Crippen molar-refractivity contribution >= 4 is 23.6 Å². The average molecular weight is 249 g/mol. The van der Waals surface area contributed by atoms with Gasteiger partial charge < -0.3 is 11.1 Å². The summed E-state index contributed by atoms with van der Waals surface area (Å²) in [4.78, 5) is 31.8. The molecule has 0 saturated heterocycles. The molecule has 94 valence electrons. The molecule has 1 aromatic rings. The Kier molecular flexibility index (Phi) is 4.14. The fourth-order valence-electron chi connectivity index (χ4n) is 1.22. The Hall–Kier alpha value is -2.70. The summed E-state index contributed by atoms with van der Waals surface area (Å²) in [5.74, 6) is -1.22. The summed E-state index contributed by atoms with van der Waals surface area (Å²) in [6, 6.07) is 5.47. The number of nitro benzene ring substituents is 1. The second-order valence-corrected chi connectivity index (χ2v) is 3.45. The van der Waals surface area contributed by atoms with E-state index in [1.807, 2.05) is 0 Å². The standard InChI is InChI=1S/C11H11N3O4/c1-7(15)13-10(11(12)16)6-8-2-4-9(5-3-8)14(17)18/h2-6H,1H3,(H2,12,16)(H,13,15). The van der Waals surface area contributed by atoms with Crippen LogP contribution >= 0.6 is 0 Å². The molecule has 7 nitrogen and oxygen atoms in total. The SMILES string of the molecule is CC(=O)NC(=Cc1ccc([N+](=O)[O-])cc1)C(N)=O. The van der Waals surface area contributed by atoms with Crippen LogP contribution in [0.2, 0.25) is 0 Å². The molecule has 3 N–H and O–H groups in total. The Morgan fingerprint density at radius 1 is 1.33 bits per heavy atom. The molecular weight excluding hydrogens is 238 g/mol. The summed E-state index contributed by atoms with van der Waals surface area (Å²) in [6.45, 7) is 1.24. The zero-order chi connectivity index (χ0) is 13.7. The van der Waals surface area contributed by atoms with Gasteiger partial charge in [-0.2, -0.15) is 0 Å². The van der Waals surface area contributed by atoms with Crippen LogP contribution in [0.1, 0.15) is 12.5 Å². The van der Waals surface area contributed by atoms with E-state index < -0.39 is 16.7 Å². The maximum atomic E-state index is 11.0. The number of carbonyl (C=O) groups is 2. The number of primary amides is 1. The molecule has 0 saturated carbocycles. The summed E-state index contributed by atoms with van der Waals surface area (Å²) in [7, 11) is 0. The topological polar surface area (TPSA) is 115 Å². The molecule has 1 rings (SSSR count). The third kappa shape index (κ3) is 3.71. The van der Waals surface area contributed by atoms with Crippen LogP contribution in [-0.4, -0.2) is 16.7 Å². The highest BCUT2D eigenvalue weighted by atomic mass is 16.6. The Labute approximate surface area is 102 Å². The van der Waals surface area contributed by atoms with Crippen molar-refractivity contribution in [3.8, 4) is 0 Å². The summed E-state index contributed by atoms with van der Waals surface area (Å²) >= 11 is 0. The van der Waals surface area contributed by atoms with Gasteiger partial charge >= 0.3 is 0 Å². The van der Waals surface area contributed by atoms with Crippen molar-refractivity contribution in [1.29, 1.82) is 0 Å². The first kappa shape index (κ1) is 13.4. The predicted octanol–water partition coefficient (Wildman–Crippen LogP) is 0.557. The van der Waals surface area contributed by atoms with Gasteiger partial charge in [-0.15, -0.1) is 0 Å². The molecule has 0 radical (unpaired) electrons. The van der Waals surface area contributed by atoms with Gasteiger partial charge in [0.1, 0.15) is 5.70 Å². The maximum Gasteiger partial charge on any atom is 0.269 e. The number of hydrogen-bond acceptors (Lipinski definition) is 4. The molecule has 0 fully saturated rings. The molecule has 0 aliphatic heterocycles. The largest absolute Gasteiger partial charge is 0.364 e. The second-order valence-electron chi connectivity index (χ2n) is 3.45. The number of hydrogen-bond donors (Lipinski definition) is 2. The van der Waals surface area contributed by atoms with E-state index in [9.17, 15) is 19.7 Å². The highest BCUT2D eigenvalue weighted by Crippen LogP contribution is 2.13. The van der Waals surface area contributed by atoms with E-state index in [0.717, 1.165) is 0 Å². The van der Waals surface area contributed by atoms with Crippen LogP contribution in [0.15, 0.2) is 30.0 Å². The first-order valence-corrected chi connectivity index (χ1v) is 4.93. The number of amides is 2. The third-order valence-corrected chi connectivity index (χ3v) is 1.99. The minimum Gasteiger partial charge on any atom is -0.364 e. The minimum atomic E-state index is -0.788. The number of nitrogens with two attached hydrogens (primary N) is 1. The minimum absolute atomic E-state index is 0.0627. The molecule has 18 heavy (non-hydrogen) atoms. The predicted molar refractivity (Wildman–Crippen MR) is 64.1 cm³/mol. The van der Waals surface area contributed by atoms with Gasteiger partial charge in [0.15, 0.2) is 0 Å². The highest BCUT2D eigenvalue weighted by Gasteiger charge is 2.08. The van der Waals surface area contributed by atoms with Gasteiger partial charge in [-0.3, -0.25) is 19.7 Å². The molecule has 0 spiro atoms. The van der Waals surface area contributed by atoms with Crippen molar-refractivity contribution in [2.75, 3.05) is 0 Å². The molecule has 0 aliphatic carbocycles. The molecule has 0 atom stereocenters. The Morgan fingerprint density at radius 2 is 1.89 bits per heavy atom. The Balaban J connectivity index is 3.01. The van der Waals surface area contributed by atoms with E-state index in [1.54, 1.807) is 0 Å². The number of nitrogens with one attached hydrogen (secondary N) is 1. The average Bonchev–Trinajstić information content (AvgIpc) is 2.28. The summed E-state index contributed by atoms with van der Waals surface area (Å²) in [6.07, 6.45) is 1.34. The maximum absolute atomic E-state index is 11.0. The van der Waals surface area contributed by atoms with Crippen molar-refractivity contribution in [2.45, 2.75) is 6.92 Å². The van der Waals surface area contributed by atoms with Crippen LogP contribution in [0.3, 0.4) is 0 Å². The third-order valence-electron chi connectivity index (χ3n) is 1.99. The Bertz CT molecular complexity index is 520. The van der Waals surface area contributed by atoms with Crippen LogP contribution in [0, 0.1) is 10.1 Å². The first-order valence-electron chi connectivity index (χ1n) is 4.93. The van der Waals surface area contributed by atoms with E-state index in [1.165, 1.54) is 37.3 Å². The van der Waals surface area contributed by atoms with E-state index in [4.69, 9.17) is 5.73 Å². The lowest BCUT2D eigenvalue weighted by Gasteiger charge is -2.03. The van der Waals surface area contributed by atoms with Crippen molar-refractivity contribution in [3.63, 3.8) is 0 Å². The quantitative estimate of drug-likeness (QED) is 0.460. The van der Waals surface area contributed by atoms with E-state index >= 15 is 0 Å². The van der Waals surface area contributed by atoms with Gasteiger partial charge in [0.2, 0.25) is 5.91 Å². The molecule has 0 heterocycles. The number of non-ortho nitro benzene ring substituents is 1. The fourth-order valence-corrected chi connectivity index (χ4v) is 1.22. The monoisotopic (exact) mass is 249 g/mol. The van der Waals surface area contributed by atoms with E-state index in [2.05, 4.69) is 5.32 Å². The zero-order valence-corrected chi connectivity index (χ0v) is 9.54. The van der Waals surface area contributed by atoms with Crippen molar-refractivity contribution < 1.29 is 14.5 Å². The lowest BCUT2D eigenvalue weighted by Crippen LogP contribution is -2.29.